The monoisotopic (exact) mass is 315 g/mol. The molecule has 0 unspecified atom stereocenters. The Kier molecular flexibility index (Phi) is 3.54. The number of aromatic nitrogens is 1. The van der Waals surface area contributed by atoms with Crippen molar-refractivity contribution in [2.75, 3.05) is 0 Å². The van der Waals surface area contributed by atoms with E-state index in [0.717, 1.165) is 27.7 Å². The van der Waals surface area contributed by atoms with Crippen molar-refractivity contribution in [1.82, 2.24) is 4.57 Å². The SMILES string of the molecule is O=C(O)CCc1ccc2c(c1)c1ccccc1n2-c1ccccc1. The lowest BCUT2D eigenvalue weighted by Gasteiger charge is -2.07. The zero-order valence-electron chi connectivity index (χ0n) is 13.1. The number of nitrogens with zero attached hydrogens (tertiary/aromatic N) is 1. The van der Waals surface area contributed by atoms with E-state index in [-0.39, 0.29) is 6.42 Å². The highest BCUT2D eigenvalue weighted by Crippen LogP contribution is 2.32. The molecule has 1 aromatic heterocycles. The van der Waals surface area contributed by atoms with Crippen molar-refractivity contribution >= 4 is 27.8 Å². The van der Waals surface area contributed by atoms with Gasteiger partial charge in [-0.15, -0.1) is 0 Å². The molecule has 1 N–H and O–H groups in total. The molecule has 0 amide bonds. The van der Waals surface area contributed by atoms with Gasteiger partial charge in [-0.05, 0) is 42.3 Å². The minimum atomic E-state index is -0.762. The van der Waals surface area contributed by atoms with Gasteiger partial charge in [0.1, 0.15) is 0 Å². The Morgan fingerprint density at radius 3 is 2.33 bits per heavy atom. The lowest BCUT2D eigenvalue weighted by molar-refractivity contribution is -0.136. The molecule has 1 heterocycles. The third-order valence-corrected chi connectivity index (χ3v) is 4.38. The van der Waals surface area contributed by atoms with Crippen LogP contribution in [0.3, 0.4) is 0 Å². The standard InChI is InChI=1S/C21H17NO2/c23-21(24)13-11-15-10-12-20-18(14-15)17-8-4-5-9-19(17)22(20)16-6-2-1-3-7-16/h1-10,12,14H,11,13H2,(H,23,24). The van der Waals surface area contributed by atoms with Crippen LogP contribution < -0.4 is 0 Å². The fourth-order valence-corrected chi connectivity index (χ4v) is 3.28. The first kappa shape index (κ1) is 14.5. The summed E-state index contributed by atoms with van der Waals surface area (Å²) < 4.78 is 2.26. The van der Waals surface area contributed by atoms with Gasteiger partial charge in [-0.3, -0.25) is 4.79 Å². The average Bonchev–Trinajstić information content (AvgIpc) is 2.94. The number of hydrogen-bond donors (Lipinski definition) is 1. The average molecular weight is 315 g/mol. The molecule has 0 spiro atoms. The maximum atomic E-state index is 10.8. The molecule has 118 valence electrons. The van der Waals surface area contributed by atoms with Crippen LogP contribution in [0.15, 0.2) is 72.8 Å². The lowest BCUT2D eigenvalue weighted by Crippen LogP contribution is -1.97. The number of para-hydroxylation sites is 2. The predicted octanol–water partition coefficient (Wildman–Crippen LogP) is 4.80. The Balaban J connectivity index is 1.96. The molecule has 0 fully saturated rings. The van der Waals surface area contributed by atoms with Gasteiger partial charge in [-0.2, -0.15) is 0 Å². The molecule has 0 saturated heterocycles. The number of benzene rings is 3. The Bertz CT molecular complexity index is 1030. The van der Waals surface area contributed by atoms with Gasteiger partial charge in [0.2, 0.25) is 0 Å². The Hall–Kier alpha value is -3.07. The van der Waals surface area contributed by atoms with Crippen LogP contribution in [-0.4, -0.2) is 15.6 Å². The van der Waals surface area contributed by atoms with E-state index in [0.29, 0.717) is 6.42 Å². The largest absolute Gasteiger partial charge is 0.481 e. The molecule has 0 bridgehead atoms. The Morgan fingerprint density at radius 1 is 0.833 bits per heavy atom. The molecule has 4 aromatic rings. The summed E-state index contributed by atoms with van der Waals surface area (Å²) in [7, 11) is 0. The van der Waals surface area contributed by atoms with Crippen molar-refractivity contribution in [1.29, 1.82) is 0 Å². The molecule has 4 rings (SSSR count). The van der Waals surface area contributed by atoms with Crippen molar-refractivity contribution in [3.63, 3.8) is 0 Å². The highest BCUT2D eigenvalue weighted by atomic mass is 16.4. The number of aryl methyl sites for hydroxylation is 1. The maximum Gasteiger partial charge on any atom is 0.303 e. The number of hydrogen-bond acceptors (Lipinski definition) is 1. The summed E-state index contributed by atoms with van der Waals surface area (Å²) in [5.41, 5.74) is 4.48. The molecular weight excluding hydrogens is 298 g/mol. The number of aliphatic carboxylic acids is 1. The first-order valence-corrected chi connectivity index (χ1v) is 8.03. The van der Waals surface area contributed by atoms with E-state index >= 15 is 0 Å². The van der Waals surface area contributed by atoms with Crippen LogP contribution in [0.5, 0.6) is 0 Å². The van der Waals surface area contributed by atoms with Crippen LogP contribution in [0.25, 0.3) is 27.5 Å². The van der Waals surface area contributed by atoms with Gasteiger partial charge in [0, 0.05) is 22.9 Å². The maximum absolute atomic E-state index is 10.8. The first-order chi connectivity index (χ1) is 11.7. The summed E-state index contributed by atoms with van der Waals surface area (Å²) in [5, 5.41) is 11.3. The van der Waals surface area contributed by atoms with Crippen LogP contribution >= 0.6 is 0 Å². The highest BCUT2D eigenvalue weighted by molar-refractivity contribution is 6.09. The van der Waals surface area contributed by atoms with E-state index < -0.39 is 5.97 Å². The Morgan fingerprint density at radius 2 is 1.54 bits per heavy atom. The van der Waals surface area contributed by atoms with Crippen molar-refractivity contribution in [3.05, 3.63) is 78.4 Å². The molecule has 0 radical (unpaired) electrons. The quantitative estimate of drug-likeness (QED) is 0.588. The first-order valence-electron chi connectivity index (χ1n) is 8.03. The Labute approximate surface area is 139 Å². The minimum absolute atomic E-state index is 0.156. The second kappa shape index (κ2) is 5.85. The molecule has 0 aliphatic rings. The van der Waals surface area contributed by atoms with Crippen molar-refractivity contribution in [2.45, 2.75) is 12.8 Å². The molecule has 3 heteroatoms. The van der Waals surface area contributed by atoms with E-state index in [1.807, 2.05) is 36.4 Å². The van der Waals surface area contributed by atoms with Crippen LogP contribution in [0, 0.1) is 0 Å². The normalized spacial score (nSPS) is 11.2. The molecule has 24 heavy (non-hydrogen) atoms. The van der Waals surface area contributed by atoms with E-state index in [1.54, 1.807) is 0 Å². The molecule has 0 saturated carbocycles. The zero-order valence-corrected chi connectivity index (χ0v) is 13.1. The van der Waals surface area contributed by atoms with Gasteiger partial charge in [-0.1, -0.05) is 42.5 Å². The van der Waals surface area contributed by atoms with E-state index in [1.165, 1.54) is 5.39 Å². The van der Waals surface area contributed by atoms with Crippen LogP contribution in [0.1, 0.15) is 12.0 Å². The van der Waals surface area contributed by atoms with Crippen molar-refractivity contribution in [2.24, 2.45) is 0 Å². The third kappa shape index (κ3) is 2.44. The van der Waals surface area contributed by atoms with Crippen LogP contribution in [0.4, 0.5) is 0 Å². The zero-order chi connectivity index (χ0) is 16.5. The van der Waals surface area contributed by atoms with Crippen molar-refractivity contribution in [3.8, 4) is 5.69 Å². The molecule has 0 aliphatic carbocycles. The van der Waals surface area contributed by atoms with E-state index in [4.69, 9.17) is 5.11 Å². The molecular formula is C21H17NO2. The summed E-state index contributed by atoms with van der Waals surface area (Å²) in [6, 6.07) is 24.9. The number of carboxylic acid groups (broad SMARTS) is 1. The minimum Gasteiger partial charge on any atom is -0.481 e. The highest BCUT2D eigenvalue weighted by Gasteiger charge is 2.12. The summed E-state index contributed by atoms with van der Waals surface area (Å²) in [6.07, 6.45) is 0.707. The van der Waals surface area contributed by atoms with Gasteiger partial charge in [0.15, 0.2) is 0 Å². The second-order valence-electron chi connectivity index (χ2n) is 5.93. The van der Waals surface area contributed by atoms with Gasteiger partial charge >= 0.3 is 5.97 Å². The summed E-state index contributed by atoms with van der Waals surface area (Å²) >= 11 is 0. The van der Waals surface area contributed by atoms with E-state index in [2.05, 4.69) is 41.0 Å². The van der Waals surface area contributed by atoms with Gasteiger partial charge < -0.3 is 9.67 Å². The predicted molar refractivity (Wildman–Crippen MR) is 96.7 cm³/mol. The molecule has 3 nitrogen and oxygen atoms in total. The van der Waals surface area contributed by atoms with Crippen LogP contribution in [-0.2, 0) is 11.2 Å². The van der Waals surface area contributed by atoms with E-state index in [9.17, 15) is 4.79 Å². The fraction of sp³-hybridized carbons (Fsp3) is 0.0952. The van der Waals surface area contributed by atoms with Gasteiger partial charge in [-0.25, -0.2) is 0 Å². The molecule has 0 atom stereocenters. The second-order valence-corrected chi connectivity index (χ2v) is 5.93. The summed E-state index contributed by atoms with van der Waals surface area (Å²) in [6.45, 7) is 0. The van der Waals surface area contributed by atoms with Gasteiger partial charge in [0.25, 0.3) is 0 Å². The van der Waals surface area contributed by atoms with Gasteiger partial charge in [0.05, 0.1) is 11.0 Å². The number of carboxylic acids is 1. The summed E-state index contributed by atoms with van der Waals surface area (Å²) in [5.74, 6) is -0.762. The van der Waals surface area contributed by atoms with Crippen LogP contribution in [0.2, 0.25) is 0 Å². The summed E-state index contributed by atoms with van der Waals surface area (Å²) in [4.78, 5) is 10.8. The number of fused-ring (bicyclic) bond motifs is 3. The lowest BCUT2D eigenvalue weighted by atomic mass is 10.1. The number of carbonyl (C=O) groups is 1. The fourth-order valence-electron chi connectivity index (χ4n) is 3.28. The molecule has 0 aliphatic heterocycles. The topological polar surface area (TPSA) is 42.2 Å². The smallest absolute Gasteiger partial charge is 0.303 e. The molecule has 3 aromatic carbocycles. The number of rotatable bonds is 4. The van der Waals surface area contributed by atoms with Crippen molar-refractivity contribution < 1.29 is 9.90 Å². The third-order valence-electron chi connectivity index (χ3n) is 4.38.